The summed E-state index contributed by atoms with van der Waals surface area (Å²) >= 11 is 1.14. The van der Waals surface area contributed by atoms with E-state index < -0.39 is 11.8 Å². The molecule has 0 atom stereocenters. The van der Waals surface area contributed by atoms with Crippen LogP contribution in [0.15, 0.2) is 30.3 Å². The van der Waals surface area contributed by atoms with Gasteiger partial charge in [0.2, 0.25) is 11.7 Å². The van der Waals surface area contributed by atoms with Gasteiger partial charge in [0, 0.05) is 5.56 Å². The molecule has 8 nitrogen and oxygen atoms in total. The molecule has 2 heterocycles. The number of rotatable bonds is 6. The SMILES string of the molecule is CCOC(=O)c1sc(NC(=O)Cn2nnc(-c3cccc(F)c3)n2)cc1C. The maximum atomic E-state index is 13.3. The van der Waals surface area contributed by atoms with E-state index in [1.807, 2.05) is 0 Å². The van der Waals surface area contributed by atoms with E-state index in [9.17, 15) is 14.0 Å². The molecule has 0 aliphatic heterocycles. The highest BCUT2D eigenvalue weighted by Gasteiger charge is 2.16. The zero-order chi connectivity index (χ0) is 19.4. The van der Waals surface area contributed by atoms with Crippen LogP contribution in [0.2, 0.25) is 0 Å². The number of anilines is 1. The predicted molar refractivity (Wildman–Crippen MR) is 96.9 cm³/mol. The predicted octanol–water partition coefficient (Wildman–Crippen LogP) is 2.66. The average Bonchev–Trinajstić information content (AvgIpc) is 3.21. The first-order valence-electron chi connectivity index (χ1n) is 8.07. The van der Waals surface area contributed by atoms with Gasteiger partial charge in [-0.25, -0.2) is 9.18 Å². The first kappa shape index (κ1) is 18.6. The molecule has 1 aromatic carbocycles. The minimum absolute atomic E-state index is 0.173. The highest BCUT2D eigenvalue weighted by molar-refractivity contribution is 7.18. The van der Waals surface area contributed by atoms with E-state index in [-0.39, 0.29) is 24.9 Å². The molecule has 0 fully saturated rings. The van der Waals surface area contributed by atoms with Crippen molar-refractivity contribution in [2.24, 2.45) is 0 Å². The van der Waals surface area contributed by atoms with Crippen LogP contribution in [0, 0.1) is 12.7 Å². The first-order chi connectivity index (χ1) is 13.0. The molecule has 0 aliphatic carbocycles. The van der Waals surface area contributed by atoms with Crippen molar-refractivity contribution in [3.63, 3.8) is 0 Å². The molecule has 1 N–H and O–H groups in total. The van der Waals surface area contributed by atoms with Crippen molar-refractivity contribution in [3.8, 4) is 11.4 Å². The third kappa shape index (κ3) is 4.53. The molecule has 2 aromatic heterocycles. The molecule has 10 heteroatoms. The maximum Gasteiger partial charge on any atom is 0.348 e. The fourth-order valence-corrected chi connectivity index (χ4v) is 3.28. The summed E-state index contributed by atoms with van der Waals surface area (Å²) in [6, 6.07) is 7.48. The molecule has 0 radical (unpaired) electrons. The topological polar surface area (TPSA) is 99.0 Å². The van der Waals surface area contributed by atoms with Crippen LogP contribution in [0.3, 0.4) is 0 Å². The Morgan fingerprint density at radius 2 is 2.15 bits per heavy atom. The number of aromatic nitrogens is 4. The minimum Gasteiger partial charge on any atom is -0.462 e. The molecule has 0 unspecified atom stereocenters. The number of esters is 1. The van der Waals surface area contributed by atoms with E-state index in [0.29, 0.717) is 15.4 Å². The Hall–Kier alpha value is -3.14. The quantitative estimate of drug-likeness (QED) is 0.651. The van der Waals surface area contributed by atoms with Crippen LogP contribution in [0.5, 0.6) is 0 Å². The highest BCUT2D eigenvalue weighted by atomic mass is 32.1. The summed E-state index contributed by atoms with van der Waals surface area (Å²) in [4.78, 5) is 25.6. The third-order valence-electron chi connectivity index (χ3n) is 3.46. The summed E-state index contributed by atoms with van der Waals surface area (Å²) < 4.78 is 18.2. The van der Waals surface area contributed by atoms with Gasteiger partial charge < -0.3 is 10.1 Å². The van der Waals surface area contributed by atoms with Gasteiger partial charge in [-0.05, 0) is 42.8 Å². The molecule has 0 saturated carbocycles. The van der Waals surface area contributed by atoms with Gasteiger partial charge in [-0.3, -0.25) is 4.79 Å². The van der Waals surface area contributed by atoms with Crippen molar-refractivity contribution in [2.45, 2.75) is 20.4 Å². The summed E-state index contributed by atoms with van der Waals surface area (Å²) in [6.07, 6.45) is 0. The second-order valence-electron chi connectivity index (χ2n) is 5.55. The Balaban J connectivity index is 1.65. The monoisotopic (exact) mass is 389 g/mol. The van der Waals surface area contributed by atoms with Gasteiger partial charge in [0.05, 0.1) is 11.6 Å². The van der Waals surface area contributed by atoms with E-state index in [2.05, 4.69) is 20.7 Å². The van der Waals surface area contributed by atoms with Crippen LogP contribution in [0.25, 0.3) is 11.4 Å². The fourth-order valence-electron chi connectivity index (χ4n) is 2.30. The number of carbonyl (C=O) groups excluding carboxylic acids is 2. The van der Waals surface area contributed by atoms with E-state index in [1.165, 1.54) is 12.1 Å². The lowest BCUT2D eigenvalue weighted by Gasteiger charge is -2.01. The summed E-state index contributed by atoms with van der Waals surface area (Å²) in [7, 11) is 0. The number of ether oxygens (including phenoxy) is 1. The average molecular weight is 389 g/mol. The number of nitrogens with zero attached hydrogens (tertiary/aromatic N) is 4. The largest absolute Gasteiger partial charge is 0.462 e. The number of benzene rings is 1. The third-order valence-corrected chi connectivity index (χ3v) is 4.59. The van der Waals surface area contributed by atoms with Crippen LogP contribution in [-0.4, -0.2) is 38.7 Å². The van der Waals surface area contributed by atoms with Crippen LogP contribution in [0.4, 0.5) is 9.39 Å². The van der Waals surface area contributed by atoms with E-state index in [1.54, 1.807) is 32.0 Å². The normalized spacial score (nSPS) is 10.6. The number of amides is 1. The van der Waals surface area contributed by atoms with Crippen molar-refractivity contribution in [1.82, 2.24) is 20.2 Å². The highest BCUT2D eigenvalue weighted by Crippen LogP contribution is 2.27. The number of carbonyl (C=O) groups is 2. The van der Waals surface area contributed by atoms with Crippen molar-refractivity contribution >= 4 is 28.2 Å². The Kier molecular flexibility index (Phi) is 5.55. The smallest absolute Gasteiger partial charge is 0.348 e. The lowest BCUT2D eigenvalue weighted by molar-refractivity contribution is -0.117. The van der Waals surface area contributed by atoms with Gasteiger partial charge in [-0.15, -0.1) is 21.5 Å². The van der Waals surface area contributed by atoms with Gasteiger partial charge in [0.15, 0.2) is 0 Å². The molecule has 3 aromatic rings. The second-order valence-corrected chi connectivity index (χ2v) is 6.60. The van der Waals surface area contributed by atoms with Gasteiger partial charge in [-0.1, -0.05) is 12.1 Å². The first-order valence-corrected chi connectivity index (χ1v) is 8.89. The van der Waals surface area contributed by atoms with Crippen molar-refractivity contribution < 1.29 is 18.7 Å². The number of thiophene rings is 1. The molecule has 27 heavy (non-hydrogen) atoms. The van der Waals surface area contributed by atoms with E-state index in [4.69, 9.17) is 4.74 Å². The lowest BCUT2D eigenvalue weighted by Crippen LogP contribution is -2.20. The number of hydrogen-bond acceptors (Lipinski definition) is 7. The van der Waals surface area contributed by atoms with Crippen LogP contribution < -0.4 is 5.32 Å². The zero-order valence-corrected chi connectivity index (χ0v) is 15.4. The molecule has 1 amide bonds. The number of nitrogens with one attached hydrogen (secondary N) is 1. The van der Waals surface area contributed by atoms with Gasteiger partial charge >= 0.3 is 5.97 Å². The van der Waals surface area contributed by atoms with Crippen molar-refractivity contribution in [2.75, 3.05) is 11.9 Å². The molecule has 3 rings (SSSR count). The number of aryl methyl sites for hydroxylation is 1. The van der Waals surface area contributed by atoms with E-state index >= 15 is 0 Å². The molecule has 0 bridgehead atoms. The Labute approximate surface area is 158 Å². The van der Waals surface area contributed by atoms with Crippen LogP contribution in [-0.2, 0) is 16.1 Å². The maximum absolute atomic E-state index is 13.3. The van der Waals surface area contributed by atoms with Gasteiger partial charge in [-0.2, -0.15) is 4.80 Å². The van der Waals surface area contributed by atoms with Crippen molar-refractivity contribution in [3.05, 3.63) is 46.6 Å². The fraction of sp³-hybridized carbons (Fsp3) is 0.235. The number of tetrazole rings is 1. The molecule has 140 valence electrons. The summed E-state index contributed by atoms with van der Waals surface area (Å²) in [6.45, 7) is 3.60. The molecule has 0 aliphatic rings. The standard InChI is InChI=1S/C17H16FN5O3S/c1-3-26-17(25)15-10(2)7-14(27-15)19-13(24)9-23-21-16(20-22-23)11-5-4-6-12(18)8-11/h4-8H,3,9H2,1-2H3,(H,19,24). The Bertz CT molecular complexity index is 985. The zero-order valence-electron chi connectivity index (χ0n) is 14.6. The second kappa shape index (κ2) is 8.04. The molecular weight excluding hydrogens is 373 g/mol. The molecular formula is C17H16FN5O3S. The summed E-state index contributed by atoms with van der Waals surface area (Å²) in [5, 5.41) is 14.9. The minimum atomic E-state index is -0.418. The van der Waals surface area contributed by atoms with Gasteiger partial charge in [0.25, 0.3) is 0 Å². The Morgan fingerprint density at radius 1 is 1.33 bits per heavy atom. The number of hydrogen-bond donors (Lipinski definition) is 1. The van der Waals surface area contributed by atoms with Crippen molar-refractivity contribution in [1.29, 1.82) is 0 Å². The molecule has 0 saturated heterocycles. The van der Waals surface area contributed by atoms with E-state index in [0.717, 1.165) is 21.7 Å². The summed E-state index contributed by atoms with van der Waals surface area (Å²) in [5.41, 5.74) is 1.19. The lowest BCUT2D eigenvalue weighted by atomic mass is 10.2. The van der Waals surface area contributed by atoms with Crippen LogP contribution in [0.1, 0.15) is 22.2 Å². The van der Waals surface area contributed by atoms with Gasteiger partial charge in [0.1, 0.15) is 17.2 Å². The molecule has 0 spiro atoms. The summed E-state index contributed by atoms with van der Waals surface area (Å²) in [5.74, 6) is -0.987. The van der Waals surface area contributed by atoms with Crippen LogP contribution >= 0.6 is 11.3 Å². The number of halogens is 1. The Morgan fingerprint density at radius 3 is 2.89 bits per heavy atom.